The number of anilines is 1. The number of ether oxygens (including phenoxy) is 1. The second-order valence-corrected chi connectivity index (χ2v) is 7.52. The molecule has 0 aromatic carbocycles. The van der Waals surface area contributed by atoms with E-state index in [1.165, 1.54) is 0 Å². The van der Waals surface area contributed by atoms with Gasteiger partial charge in [-0.1, -0.05) is 6.92 Å². The van der Waals surface area contributed by atoms with Gasteiger partial charge in [0.15, 0.2) is 0 Å². The second-order valence-electron chi connectivity index (χ2n) is 7.52. The van der Waals surface area contributed by atoms with E-state index in [9.17, 15) is 4.79 Å². The summed E-state index contributed by atoms with van der Waals surface area (Å²) in [6.07, 6.45) is 6.03. The van der Waals surface area contributed by atoms with Crippen molar-refractivity contribution in [3.63, 3.8) is 0 Å². The van der Waals surface area contributed by atoms with E-state index in [-0.39, 0.29) is 5.91 Å². The number of aromatic nitrogens is 3. The highest BCUT2D eigenvalue weighted by atomic mass is 16.5. The molecule has 4 rings (SSSR count). The number of pyridine rings is 1. The Balaban J connectivity index is 1.47. The van der Waals surface area contributed by atoms with Crippen LogP contribution in [0.15, 0.2) is 12.3 Å². The molecule has 2 fully saturated rings. The molecular formula is C19H27N5O2. The van der Waals surface area contributed by atoms with Crippen LogP contribution in [0.25, 0.3) is 10.9 Å². The molecule has 0 aliphatic carbocycles. The third-order valence-corrected chi connectivity index (χ3v) is 5.47. The zero-order chi connectivity index (χ0) is 17.9. The third kappa shape index (κ3) is 3.67. The predicted molar refractivity (Wildman–Crippen MR) is 100 cm³/mol. The quantitative estimate of drug-likeness (QED) is 0.858. The molecule has 1 amide bonds. The topological polar surface area (TPSA) is 83.1 Å². The molecule has 0 radical (unpaired) electrons. The van der Waals surface area contributed by atoms with Gasteiger partial charge in [-0.05, 0) is 37.7 Å². The van der Waals surface area contributed by atoms with E-state index < -0.39 is 0 Å². The van der Waals surface area contributed by atoms with E-state index >= 15 is 0 Å². The van der Waals surface area contributed by atoms with Crippen LogP contribution in [0.4, 0.5) is 5.82 Å². The molecule has 0 saturated carbocycles. The zero-order valence-corrected chi connectivity index (χ0v) is 15.3. The van der Waals surface area contributed by atoms with E-state index in [4.69, 9.17) is 4.74 Å². The minimum atomic E-state index is 0.236. The smallest absolute Gasteiger partial charge is 0.222 e. The minimum Gasteiger partial charge on any atom is -0.381 e. The van der Waals surface area contributed by atoms with Crippen molar-refractivity contribution < 1.29 is 9.53 Å². The first-order valence-corrected chi connectivity index (χ1v) is 9.64. The maximum Gasteiger partial charge on any atom is 0.222 e. The van der Waals surface area contributed by atoms with E-state index in [1.54, 1.807) is 6.20 Å². The Hall–Kier alpha value is -2.15. The number of fused-ring (bicyclic) bond motifs is 1. The van der Waals surface area contributed by atoms with Gasteiger partial charge < -0.3 is 15.0 Å². The van der Waals surface area contributed by atoms with E-state index in [0.717, 1.165) is 68.0 Å². The second kappa shape index (κ2) is 7.61. The number of aryl methyl sites for hydroxylation is 1. The number of nitrogens with zero attached hydrogens (tertiary/aromatic N) is 3. The van der Waals surface area contributed by atoms with E-state index in [2.05, 4.69) is 27.4 Å². The number of carbonyl (C=O) groups excluding carboxylic acids is 1. The molecule has 26 heavy (non-hydrogen) atoms. The molecule has 140 valence electrons. The lowest BCUT2D eigenvalue weighted by molar-refractivity contribution is -0.130. The number of amides is 1. The monoisotopic (exact) mass is 357 g/mol. The zero-order valence-electron chi connectivity index (χ0n) is 15.3. The summed E-state index contributed by atoms with van der Waals surface area (Å²) in [7, 11) is 0. The molecule has 4 heterocycles. The van der Waals surface area contributed by atoms with Crippen molar-refractivity contribution in [1.29, 1.82) is 0 Å². The van der Waals surface area contributed by atoms with Crippen LogP contribution in [-0.4, -0.2) is 58.3 Å². The third-order valence-electron chi connectivity index (χ3n) is 5.47. The summed E-state index contributed by atoms with van der Waals surface area (Å²) in [6, 6.07) is 2.28. The summed E-state index contributed by atoms with van der Waals surface area (Å²) in [5.41, 5.74) is 1.88. The highest BCUT2D eigenvalue weighted by Gasteiger charge is 2.23. The molecule has 0 unspecified atom stereocenters. The first-order valence-electron chi connectivity index (χ1n) is 9.64. The van der Waals surface area contributed by atoms with Crippen LogP contribution in [0.3, 0.4) is 0 Å². The molecule has 2 aliphatic heterocycles. The predicted octanol–water partition coefficient (Wildman–Crippen LogP) is 2.35. The summed E-state index contributed by atoms with van der Waals surface area (Å²) in [6.45, 7) is 5.56. The number of H-pyrrole nitrogens is 1. The average Bonchev–Trinajstić information content (AvgIpc) is 3.27. The van der Waals surface area contributed by atoms with Gasteiger partial charge >= 0.3 is 0 Å². The summed E-state index contributed by atoms with van der Waals surface area (Å²) in [4.78, 5) is 19.0. The Labute approximate surface area is 153 Å². The molecule has 2 aromatic rings. The fraction of sp³-hybridized carbons (Fsp3) is 0.632. The van der Waals surface area contributed by atoms with Crippen molar-refractivity contribution in [2.75, 3.05) is 31.6 Å². The lowest BCUT2D eigenvalue weighted by Gasteiger charge is -2.24. The maximum atomic E-state index is 12.5. The Morgan fingerprint density at radius 1 is 1.38 bits per heavy atom. The summed E-state index contributed by atoms with van der Waals surface area (Å²) in [5.74, 6) is 1.71. The van der Waals surface area contributed by atoms with Crippen LogP contribution in [0.5, 0.6) is 0 Å². The standard InChI is InChI=1S/C19H27N5O2/c1-13-5-9-24(12-13)17(25)3-2-15-18-16(23-22-15)4-8-20-19(18)21-14-6-10-26-11-7-14/h4,8,13-14H,2-3,5-7,9-12H2,1H3,(H,20,21)(H,22,23)/t13-/m0/s1. The molecule has 2 N–H and O–H groups in total. The van der Waals surface area contributed by atoms with Crippen molar-refractivity contribution in [2.45, 2.75) is 45.1 Å². The van der Waals surface area contributed by atoms with Crippen molar-refractivity contribution in [3.8, 4) is 0 Å². The molecular weight excluding hydrogens is 330 g/mol. The van der Waals surface area contributed by atoms with Gasteiger partial charge in [-0.3, -0.25) is 9.89 Å². The molecule has 0 bridgehead atoms. The normalized spacial score (nSPS) is 21.4. The Morgan fingerprint density at radius 2 is 2.23 bits per heavy atom. The fourth-order valence-electron chi connectivity index (χ4n) is 3.90. The van der Waals surface area contributed by atoms with Crippen molar-refractivity contribution in [1.82, 2.24) is 20.1 Å². The fourth-order valence-corrected chi connectivity index (χ4v) is 3.90. The number of nitrogens with one attached hydrogen (secondary N) is 2. The maximum absolute atomic E-state index is 12.5. The Bertz CT molecular complexity index is 768. The Kier molecular flexibility index (Phi) is 5.06. The molecule has 2 aliphatic rings. The highest BCUT2D eigenvalue weighted by Crippen LogP contribution is 2.26. The minimum absolute atomic E-state index is 0.236. The summed E-state index contributed by atoms with van der Waals surface area (Å²) in [5, 5.41) is 12.1. The molecule has 0 spiro atoms. The van der Waals surface area contributed by atoms with Gasteiger partial charge in [0.25, 0.3) is 0 Å². The SMILES string of the molecule is C[C@H]1CCN(C(=O)CCc2[nH]nc3ccnc(NC4CCOCC4)c23)C1. The van der Waals surface area contributed by atoms with Crippen LogP contribution in [0.1, 0.15) is 38.3 Å². The van der Waals surface area contributed by atoms with Gasteiger partial charge in [-0.25, -0.2) is 4.98 Å². The number of hydrogen-bond donors (Lipinski definition) is 2. The molecule has 7 heteroatoms. The van der Waals surface area contributed by atoms with Gasteiger partial charge in [0.1, 0.15) is 5.82 Å². The average molecular weight is 357 g/mol. The number of hydrogen-bond acceptors (Lipinski definition) is 5. The summed E-state index contributed by atoms with van der Waals surface area (Å²) >= 11 is 0. The highest BCUT2D eigenvalue weighted by molar-refractivity contribution is 5.92. The number of rotatable bonds is 5. The first kappa shape index (κ1) is 17.3. The lowest BCUT2D eigenvalue weighted by Crippen LogP contribution is -2.29. The lowest BCUT2D eigenvalue weighted by atomic mass is 10.1. The van der Waals surface area contributed by atoms with Gasteiger partial charge in [0.2, 0.25) is 5.91 Å². The molecule has 2 saturated heterocycles. The largest absolute Gasteiger partial charge is 0.381 e. The number of aromatic amines is 1. The van der Waals surface area contributed by atoms with Crippen LogP contribution >= 0.6 is 0 Å². The Morgan fingerprint density at radius 3 is 3.00 bits per heavy atom. The summed E-state index contributed by atoms with van der Waals surface area (Å²) < 4.78 is 5.43. The van der Waals surface area contributed by atoms with E-state index in [1.807, 2.05) is 11.0 Å². The van der Waals surface area contributed by atoms with Gasteiger partial charge in [-0.15, -0.1) is 0 Å². The van der Waals surface area contributed by atoms with Crippen molar-refractivity contribution in [2.24, 2.45) is 5.92 Å². The molecule has 1 atom stereocenters. The number of likely N-dealkylation sites (tertiary alicyclic amines) is 1. The van der Waals surface area contributed by atoms with Crippen LogP contribution < -0.4 is 5.32 Å². The van der Waals surface area contributed by atoms with Crippen molar-refractivity contribution >= 4 is 22.6 Å². The van der Waals surface area contributed by atoms with Gasteiger partial charge in [0, 0.05) is 50.7 Å². The van der Waals surface area contributed by atoms with Gasteiger partial charge in [0.05, 0.1) is 10.9 Å². The van der Waals surface area contributed by atoms with Crippen LogP contribution in [0.2, 0.25) is 0 Å². The molecule has 2 aromatic heterocycles. The van der Waals surface area contributed by atoms with Crippen LogP contribution in [-0.2, 0) is 16.0 Å². The number of carbonyl (C=O) groups is 1. The molecule has 7 nitrogen and oxygen atoms in total. The van der Waals surface area contributed by atoms with Crippen LogP contribution in [0, 0.1) is 5.92 Å². The first-order chi connectivity index (χ1) is 12.7. The van der Waals surface area contributed by atoms with Crippen molar-refractivity contribution in [3.05, 3.63) is 18.0 Å². The van der Waals surface area contributed by atoms with Gasteiger partial charge in [-0.2, -0.15) is 5.10 Å². The van der Waals surface area contributed by atoms with E-state index in [0.29, 0.717) is 24.8 Å².